The molecule has 5 nitrogen and oxygen atoms in total. The lowest BCUT2D eigenvalue weighted by Gasteiger charge is -2.25. The molecule has 0 aliphatic carbocycles. The van der Waals surface area contributed by atoms with E-state index in [4.69, 9.17) is 8.92 Å². The van der Waals surface area contributed by atoms with Crippen LogP contribution in [-0.4, -0.2) is 32.9 Å². The number of amides is 1. The van der Waals surface area contributed by atoms with E-state index in [1.807, 2.05) is 0 Å². The van der Waals surface area contributed by atoms with E-state index in [0.717, 1.165) is 19.3 Å². The van der Waals surface area contributed by atoms with Crippen LogP contribution in [0.2, 0.25) is 0 Å². The van der Waals surface area contributed by atoms with Gasteiger partial charge in [-0.15, -0.1) is 0 Å². The lowest BCUT2D eigenvalue weighted by atomic mass is 10.1. The van der Waals surface area contributed by atoms with Gasteiger partial charge in [0.2, 0.25) is 0 Å². The molecule has 0 spiro atoms. The molecule has 0 N–H and O–H groups in total. The van der Waals surface area contributed by atoms with E-state index < -0.39 is 23.0 Å². The van der Waals surface area contributed by atoms with Crippen molar-refractivity contribution in [2.75, 3.05) is 6.61 Å². The summed E-state index contributed by atoms with van der Waals surface area (Å²) in [6.07, 6.45) is 2.24. The lowest BCUT2D eigenvalue weighted by Crippen LogP contribution is -2.40. The number of hydrogen-bond donors (Lipinski definition) is 0. The molecule has 0 saturated carbocycles. The van der Waals surface area contributed by atoms with E-state index in [1.165, 1.54) is 4.31 Å². The van der Waals surface area contributed by atoms with Crippen molar-refractivity contribution in [2.24, 2.45) is 0 Å². The third-order valence-corrected chi connectivity index (χ3v) is 3.42. The number of rotatable bonds is 3. The van der Waals surface area contributed by atoms with Crippen LogP contribution in [0.15, 0.2) is 0 Å². The minimum absolute atomic E-state index is 0.134. The van der Waals surface area contributed by atoms with Gasteiger partial charge >= 0.3 is 6.09 Å². The van der Waals surface area contributed by atoms with E-state index in [-0.39, 0.29) is 6.04 Å². The molecule has 0 radical (unpaired) electrons. The second-order valence-electron chi connectivity index (χ2n) is 5.10. The van der Waals surface area contributed by atoms with Crippen molar-refractivity contribution < 1.29 is 17.9 Å². The van der Waals surface area contributed by atoms with Gasteiger partial charge in [0.25, 0.3) is 11.3 Å². The zero-order valence-corrected chi connectivity index (χ0v) is 11.7. The van der Waals surface area contributed by atoms with Crippen LogP contribution in [0.25, 0.3) is 0 Å². The Balaban J connectivity index is 2.64. The highest BCUT2D eigenvalue weighted by Crippen LogP contribution is 2.22. The zero-order chi connectivity index (χ0) is 13.1. The van der Waals surface area contributed by atoms with Crippen LogP contribution in [0.3, 0.4) is 0 Å². The first kappa shape index (κ1) is 14.4. The van der Waals surface area contributed by atoms with Gasteiger partial charge in [-0.1, -0.05) is 19.8 Å². The fraction of sp³-hybridized carbons (Fsp3) is 0.909. The van der Waals surface area contributed by atoms with Crippen LogP contribution < -0.4 is 0 Å². The number of carbonyl (C=O) groups is 1. The summed E-state index contributed by atoms with van der Waals surface area (Å²) in [6.45, 7) is 7.75. The topological polar surface area (TPSA) is 55.8 Å². The van der Waals surface area contributed by atoms with Crippen LogP contribution >= 0.6 is 0 Å². The van der Waals surface area contributed by atoms with Gasteiger partial charge in [0, 0.05) is 0 Å². The minimum atomic E-state index is -1.70. The van der Waals surface area contributed by atoms with Crippen LogP contribution in [-0.2, 0) is 20.2 Å². The van der Waals surface area contributed by atoms with Crippen LogP contribution in [0, 0.1) is 0 Å². The average Bonchev–Trinajstić information content (AvgIpc) is 2.54. The Morgan fingerprint density at radius 3 is 2.71 bits per heavy atom. The van der Waals surface area contributed by atoms with Crippen molar-refractivity contribution in [1.82, 2.24) is 4.31 Å². The summed E-state index contributed by atoms with van der Waals surface area (Å²) in [5.74, 6) is 0. The average molecular weight is 263 g/mol. The quantitative estimate of drug-likeness (QED) is 0.784. The highest BCUT2D eigenvalue weighted by Gasteiger charge is 2.38. The molecule has 1 aliphatic rings. The van der Waals surface area contributed by atoms with Crippen molar-refractivity contribution in [3.05, 3.63) is 0 Å². The van der Waals surface area contributed by atoms with Gasteiger partial charge in [0.1, 0.15) is 5.60 Å². The first-order valence-corrected chi connectivity index (χ1v) is 6.95. The number of nitrogens with zero attached hydrogens (tertiary/aromatic N) is 1. The molecule has 17 heavy (non-hydrogen) atoms. The standard InChI is InChI=1S/C11H21NO4S/c1-5-6-7-9-8-15-17(14)12(9)10(13)16-11(2,3)4/h9H,5-8H2,1-4H3. The Kier molecular flexibility index (Phi) is 4.94. The first-order valence-electron chi connectivity index (χ1n) is 5.92. The fourth-order valence-electron chi connectivity index (χ4n) is 1.54. The van der Waals surface area contributed by atoms with E-state index >= 15 is 0 Å². The van der Waals surface area contributed by atoms with Gasteiger partial charge in [0.05, 0.1) is 12.6 Å². The molecule has 1 fully saturated rings. The molecule has 0 aromatic carbocycles. The first-order chi connectivity index (χ1) is 7.85. The molecule has 1 heterocycles. The van der Waals surface area contributed by atoms with Crippen molar-refractivity contribution >= 4 is 17.4 Å². The molecule has 1 amide bonds. The zero-order valence-electron chi connectivity index (χ0n) is 10.9. The normalized spacial score (nSPS) is 25.1. The summed E-state index contributed by atoms with van der Waals surface area (Å²) in [7, 11) is 0. The van der Waals surface area contributed by atoms with Crippen LogP contribution in [0.4, 0.5) is 4.79 Å². The van der Waals surface area contributed by atoms with E-state index in [0.29, 0.717) is 6.61 Å². The molecule has 0 aromatic rings. The Bertz CT molecular complexity index is 300. The molecular formula is C11H21NO4S. The number of unbranched alkanes of at least 4 members (excludes halogenated alkanes) is 1. The van der Waals surface area contributed by atoms with E-state index in [2.05, 4.69) is 6.92 Å². The number of carbonyl (C=O) groups excluding carboxylic acids is 1. The molecule has 6 heteroatoms. The highest BCUT2D eigenvalue weighted by atomic mass is 32.2. The van der Waals surface area contributed by atoms with Gasteiger partial charge in [0.15, 0.2) is 0 Å². The molecule has 1 aliphatic heterocycles. The van der Waals surface area contributed by atoms with Gasteiger partial charge in [-0.25, -0.2) is 9.00 Å². The van der Waals surface area contributed by atoms with Crippen molar-refractivity contribution in [3.63, 3.8) is 0 Å². The van der Waals surface area contributed by atoms with Crippen molar-refractivity contribution in [2.45, 2.75) is 58.6 Å². The predicted molar refractivity (Wildman–Crippen MR) is 65.5 cm³/mol. The molecule has 1 saturated heterocycles. The van der Waals surface area contributed by atoms with Gasteiger partial charge in [-0.2, -0.15) is 4.31 Å². The van der Waals surface area contributed by atoms with Crippen LogP contribution in [0.5, 0.6) is 0 Å². The summed E-state index contributed by atoms with van der Waals surface area (Å²) in [5.41, 5.74) is -0.584. The lowest BCUT2D eigenvalue weighted by molar-refractivity contribution is 0.0357. The van der Waals surface area contributed by atoms with Crippen molar-refractivity contribution in [1.29, 1.82) is 0 Å². The Morgan fingerprint density at radius 1 is 1.53 bits per heavy atom. The SMILES string of the molecule is CCCCC1COS(=O)N1C(=O)OC(C)(C)C. The molecule has 1 rings (SSSR count). The summed E-state index contributed by atoms with van der Waals surface area (Å²) < 4.78 is 23.0. The molecule has 2 atom stereocenters. The third kappa shape index (κ3) is 4.27. The fourth-order valence-corrected chi connectivity index (χ4v) is 2.50. The molecule has 2 unspecified atom stereocenters. The molecule has 0 bridgehead atoms. The van der Waals surface area contributed by atoms with Gasteiger partial charge < -0.3 is 4.74 Å². The maximum Gasteiger partial charge on any atom is 0.424 e. The smallest absolute Gasteiger partial charge is 0.424 e. The Hall–Kier alpha value is -0.620. The summed E-state index contributed by atoms with van der Waals surface area (Å²) in [5, 5.41) is 0. The second kappa shape index (κ2) is 5.82. The Morgan fingerprint density at radius 2 is 2.18 bits per heavy atom. The largest absolute Gasteiger partial charge is 0.443 e. The summed E-state index contributed by atoms with van der Waals surface area (Å²) in [4.78, 5) is 11.9. The highest BCUT2D eigenvalue weighted by molar-refractivity contribution is 7.78. The predicted octanol–water partition coefficient (Wildman–Crippen LogP) is 2.39. The summed E-state index contributed by atoms with van der Waals surface area (Å²) in [6, 6.07) is -0.134. The maximum atomic E-state index is 11.9. The number of hydrogen-bond acceptors (Lipinski definition) is 4. The van der Waals surface area contributed by atoms with Crippen molar-refractivity contribution in [3.8, 4) is 0 Å². The third-order valence-electron chi connectivity index (χ3n) is 2.32. The maximum absolute atomic E-state index is 11.9. The second-order valence-corrected chi connectivity index (χ2v) is 6.17. The minimum Gasteiger partial charge on any atom is -0.443 e. The van der Waals surface area contributed by atoms with E-state index in [9.17, 15) is 9.00 Å². The van der Waals surface area contributed by atoms with Gasteiger partial charge in [-0.3, -0.25) is 4.18 Å². The number of ether oxygens (including phenoxy) is 1. The van der Waals surface area contributed by atoms with E-state index in [1.54, 1.807) is 20.8 Å². The monoisotopic (exact) mass is 263 g/mol. The molecule has 100 valence electrons. The molecule has 0 aromatic heterocycles. The Labute approximate surface area is 105 Å². The van der Waals surface area contributed by atoms with Gasteiger partial charge in [-0.05, 0) is 27.2 Å². The van der Waals surface area contributed by atoms with Crippen LogP contribution in [0.1, 0.15) is 47.0 Å². The summed E-state index contributed by atoms with van der Waals surface area (Å²) >= 11 is -1.70. The molecular weight excluding hydrogens is 242 g/mol.